The first kappa shape index (κ1) is 30.9. The van der Waals surface area contributed by atoms with Gasteiger partial charge in [0, 0.05) is 25.0 Å². The van der Waals surface area contributed by atoms with Crippen LogP contribution >= 0.6 is 23.2 Å². The number of halogens is 2. The van der Waals surface area contributed by atoms with E-state index < -0.39 is 5.91 Å². The van der Waals surface area contributed by atoms with Crippen LogP contribution in [0.25, 0.3) is 11.6 Å². The summed E-state index contributed by atoms with van der Waals surface area (Å²) in [7, 11) is 4.40. The molecular formula is C28H33Cl2N7O5. The highest BCUT2D eigenvalue weighted by molar-refractivity contribution is 6.41. The van der Waals surface area contributed by atoms with Gasteiger partial charge < -0.3 is 35.1 Å². The molecule has 1 aromatic carbocycles. The molecule has 2 amide bonds. The van der Waals surface area contributed by atoms with Crippen molar-refractivity contribution in [2.75, 3.05) is 58.1 Å². The minimum Gasteiger partial charge on any atom is -0.493 e. The fraction of sp³-hybridized carbons (Fsp3) is 0.357. The minimum absolute atomic E-state index is 0.0107. The van der Waals surface area contributed by atoms with Gasteiger partial charge in [0.1, 0.15) is 5.15 Å². The van der Waals surface area contributed by atoms with Crippen molar-refractivity contribution in [3.05, 3.63) is 50.9 Å². The predicted octanol–water partition coefficient (Wildman–Crippen LogP) is 3.88. The topological polar surface area (TPSA) is 148 Å². The molecule has 0 saturated carbocycles. The number of nitrogens with one attached hydrogen (secondary N) is 2. The largest absolute Gasteiger partial charge is 0.493 e. The average molecular weight is 619 g/mol. The van der Waals surface area contributed by atoms with E-state index in [-0.39, 0.29) is 45.7 Å². The second kappa shape index (κ2) is 13.3. The van der Waals surface area contributed by atoms with Crippen molar-refractivity contribution in [2.24, 2.45) is 0 Å². The number of aromatic amines is 1. The average Bonchev–Trinajstić information content (AvgIpc) is 3.54. The zero-order valence-electron chi connectivity index (χ0n) is 24.0. The summed E-state index contributed by atoms with van der Waals surface area (Å²) in [5.74, 6) is 0.408. The Kier molecular flexibility index (Phi) is 9.81. The van der Waals surface area contributed by atoms with Crippen LogP contribution in [0.5, 0.6) is 17.2 Å². The fourth-order valence-electron chi connectivity index (χ4n) is 4.70. The van der Waals surface area contributed by atoms with E-state index in [1.54, 1.807) is 24.4 Å². The van der Waals surface area contributed by atoms with E-state index in [9.17, 15) is 9.59 Å². The van der Waals surface area contributed by atoms with E-state index in [0.29, 0.717) is 40.4 Å². The van der Waals surface area contributed by atoms with Crippen LogP contribution in [0.4, 0.5) is 11.8 Å². The zero-order chi connectivity index (χ0) is 30.6. The van der Waals surface area contributed by atoms with Gasteiger partial charge in [-0.05, 0) is 36.9 Å². The predicted molar refractivity (Wildman–Crippen MR) is 163 cm³/mol. The highest BCUT2D eigenvalue weighted by Gasteiger charge is 2.38. The number of anilines is 2. The number of benzene rings is 1. The number of carbonyl (C=O) groups is 2. The van der Waals surface area contributed by atoms with Crippen LogP contribution in [-0.4, -0.2) is 79.2 Å². The van der Waals surface area contributed by atoms with E-state index in [1.807, 2.05) is 0 Å². The van der Waals surface area contributed by atoms with Crippen LogP contribution < -0.4 is 30.2 Å². The van der Waals surface area contributed by atoms with Crippen molar-refractivity contribution >= 4 is 58.4 Å². The monoisotopic (exact) mass is 617 g/mol. The summed E-state index contributed by atoms with van der Waals surface area (Å²) in [5, 5.41) is 3.16. The molecule has 0 spiro atoms. The van der Waals surface area contributed by atoms with Gasteiger partial charge in [-0.1, -0.05) is 37.0 Å². The summed E-state index contributed by atoms with van der Waals surface area (Å²) in [5.41, 5.74) is 7.86. The van der Waals surface area contributed by atoms with E-state index in [0.717, 1.165) is 19.6 Å². The molecule has 12 nitrogen and oxygen atoms in total. The van der Waals surface area contributed by atoms with E-state index in [1.165, 1.54) is 26.2 Å². The van der Waals surface area contributed by atoms with Gasteiger partial charge in [-0.2, -0.15) is 4.98 Å². The Bertz CT molecular complexity index is 1520. The van der Waals surface area contributed by atoms with Crippen LogP contribution in [0.3, 0.4) is 0 Å². The number of hydrogen-bond acceptors (Lipinski definition) is 9. The lowest BCUT2D eigenvalue weighted by molar-refractivity contribution is -0.113. The van der Waals surface area contributed by atoms with Gasteiger partial charge in [0.2, 0.25) is 11.7 Å². The Labute approximate surface area is 253 Å². The maximum Gasteiger partial charge on any atom is 0.260 e. The number of nitrogen functional groups attached to an aromatic ring is 1. The quantitative estimate of drug-likeness (QED) is 0.203. The molecule has 0 bridgehead atoms. The van der Waals surface area contributed by atoms with Crippen LogP contribution in [0.2, 0.25) is 10.2 Å². The number of nitrogens with two attached hydrogens (primary N) is 1. The smallest absolute Gasteiger partial charge is 0.260 e. The van der Waals surface area contributed by atoms with Gasteiger partial charge in [0.05, 0.1) is 49.6 Å². The molecule has 14 heteroatoms. The molecule has 0 saturated heterocycles. The molecule has 3 heterocycles. The molecule has 1 aliphatic rings. The van der Waals surface area contributed by atoms with Crippen LogP contribution in [0.15, 0.2) is 18.3 Å². The fourth-order valence-corrected chi connectivity index (χ4v) is 5.25. The number of rotatable bonds is 12. The summed E-state index contributed by atoms with van der Waals surface area (Å²) >= 11 is 13.2. The van der Waals surface area contributed by atoms with Crippen molar-refractivity contribution in [1.29, 1.82) is 0 Å². The lowest BCUT2D eigenvalue weighted by Crippen LogP contribution is -2.34. The van der Waals surface area contributed by atoms with Gasteiger partial charge in [0.15, 0.2) is 17.3 Å². The maximum atomic E-state index is 13.8. The Morgan fingerprint density at radius 2 is 1.83 bits per heavy atom. The first-order valence-corrected chi connectivity index (χ1v) is 14.0. The number of fused-ring (bicyclic) bond motifs is 1. The highest BCUT2D eigenvalue weighted by Crippen LogP contribution is 2.47. The first-order chi connectivity index (χ1) is 20.2. The van der Waals surface area contributed by atoms with E-state index in [4.69, 9.17) is 43.1 Å². The molecule has 3 aromatic rings. The van der Waals surface area contributed by atoms with Crippen LogP contribution in [0.1, 0.15) is 41.0 Å². The van der Waals surface area contributed by atoms with Gasteiger partial charge in [-0.3, -0.25) is 14.5 Å². The second-order valence-corrected chi connectivity index (χ2v) is 10.0. The summed E-state index contributed by atoms with van der Waals surface area (Å²) in [6, 6.07) is 3.30. The maximum absolute atomic E-state index is 13.8. The molecule has 0 atom stereocenters. The highest BCUT2D eigenvalue weighted by atomic mass is 35.5. The number of amides is 2. The van der Waals surface area contributed by atoms with Crippen molar-refractivity contribution in [2.45, 2.75) is 20.4 Å². The molecule has 4 N–H and O–H groups in total. The zero-order valence-corrected chi connectivity index (χ0v) is 25.5. The van der Waals surface area contributed by atoms with Crippen molar-refractivity contribution in [3.8, 4) is 17.2 Å². The number of aromatic nitrogens is 3. The summed E-state index contributed by atoms with van der Waals surface area (Å²) < 4.78 is 16.3. The SMILES string of the molecule is CCN(CC)CCNC(=O)c1c[nH]c(/C=C2\C(=O)N(Cc3cc(OC)c(OC)c(OC)c3Cl)c3nc(N)nc(Cl)c32)c1. The normalized spacial score (nSPS) is 13.6. The third kappa shape index (κ3) is 6.10. The number of likely N-dealkylation sites (N-methyl/N-ethyl adjacent to an activating group) is 1. The van der Waals surface area contributed by atoms with Gasteiger partial charge >= 0.3 is 0 Å². The van der Waals surface area contributed by atoms with Crippen LogP contribution in [0, 0.1) is 0 Å². The van der Waals surface area contributed by atoms with Crippen molar-refractivity contribution in [3.63, 3.8) is 0 Å². The molecule has 0 fully saturated rings. The number of hydrogen-bond donors (Lipinski definition) is 3. The number of methoxy groups -OCH3 is 3. The molecule has 0 unspecified atom stereocenters. The number of nitrogens with zero attached hydrogens (tertiary/aromatic N) is 4. The first-order valence-electron chi connectivity index (χ1n) is 13.2. The molecular weight excluding hydrogens is 585 g/mol. The van der Waals surface area contributed by atoms with E-state index >= 15 is 0 Å². The molecule has 224 valence electrons. The van der Waals surface area contributed by atoms with E-state index in [2.05, 4.69) is 39.0 Å². The Balaban J connectivity index is 1.66. The third-order valence-electron chi connectivity index (χ3n) is 6.91. The van der Waals surface area contributed by atoms with Crippen molar-refractivity contribution in [1.82, 2.24) is 25.2 Å². The Hall–Kier alpha value is -4.00. The minimum atomic E-state index is -0.420. The summed E-state index contributed by atoms with van der Waals surface area (Å²) in [6.45, 7) is 7.21. The molecule has 1 aliphatic heterocycles. The summed E-state index contributed by atoms with van der Waals surface area (Å²) in [4.78, 5) is 41.6. The van der Waals surface area contributed by atoms with Gasteiger partial charge in [-0.25, -0.2) is 4.98 Å². The Morgan fingerprint density at radius 3 is 2.48 bits per heavy atom. The third-order valence-corrected chi connectivity index (χ3v) is 7.60. The standard InChI is InChI=1S/C28H33Cl2N7O5/c1-6-36(7-2)9-8-32-26(38)15-10-17(33-13-15)12-18-20-24(30)34-28(31)35-25(20)37(27(18)39)14-16-11-19(40-3)22(41-4)23(42-5)21(16)29/h10-13,33H,6-9,14H2,1-5H3,(H,32,38)(H2,31,34,35)/b18-12-. The lowest BCUT2D eigenvalue weighted by atomic mass is 10.1. The summed E-state index contributed by atoms with van der Waals surface area (Å²) in [6.07, 6.45) is 3.17. The number of H-pyrrole nitrogens is 1. The molecule has 0 radical (unpaired) electrons. The molecule has 42 heavy (non-hydrogen) atoms. The molecule has 0 aliphatic carbocycles. The number of carbonyl (C=O) groups excluding carboxylic acids is 2. The lowest BCUT2D eigenvalue weighted by Gasteiger charge is -2.20. The van der Waals surface area contributed by atoms with Gasteiger partial charge in [0.25, 0.3) is 11.8 Å². The Morgan fingerprint density at radius 1 is 1.12 bits per heavy atom. The molecule has 2 aromatic heterocycles. The van der Waals surface area contributed by atoms with Crippen LogP contribution in [-0.2, 0) is 11.3 Å². The second-order valence-electron chi connectivity index (χ2n) is 9.27. The molecule has 4 rings (SSSR count). The number of ether oxygens (including phenoxy) is 3. The van der Waals surface area contributed by atoms with Gasteiger partial charge in [-0.15, -0.1) is 0 Å². The van der Waals surface area contributed by atoms with Crippen molar-refractivity contribution < 1.29 is 23.8 Å².